The summed E-state index contributed by atoms with van der Waals surface area (Å²) in [5.41, 5.74) is 0.444. The topological polar surface area (TPSA) is 52.7 Å². The number of amides is 2. The quantitative estimate of drug-likeness (QED) is 0.781. The molecule has 1 N–H and O–H groups in total. The molecule has 3 saturated heterocycles. The van der Waals surface area contributed by atoms with Crippen molar-refractivity contribution >= 4 is 24.2 Å². The van der Waals surface area contributed by atoms with E-state index < -0.39 is 0 Å². The molecule has 6 heteroatoms. The van der Waals surface area contributed by atoms with Crippen molar-refractivity contribution in [3.05, 3.63) is 0 Å². The number of nitrogens with one attached hydrogen (secondary N) is 1. The Morgan fingerprint density at radius 2 is 1.95 bits per heavy atom. The van der Waals surface area contributed by atoms with Crippen LogP contribution in [0.4, 0.5) is 0 Å². The van der Waals surface area contributed by atoms with Crippen molar-refractivity contribution in [1.82, 2.24) is 15.1 Å². The van der Waals surface area contributed by atoms with Crippen LogP contribution < -0.4 is 5.32 Å². The number of likely N-dealkylation sites (tertiary alicyclic amines) is 2. The molecule has 2 amide bonds. The van der Waals surface area contributed by atoms with Crippen LogP contribution in [-0.4, -0.2) is 61.4 Å². The normalized spacial score (nSPS) is 28.6. The molecule has 0 aliphatic carbocycles. The maximum atomic E-state index is 12.5. The van der Waals surface area contributed by atoms with Gasteiger partial charge in [0.15, 0.2) is 0 Å². The molecule has 1 unspecified atom stereocenters. The summed E-state index contributed by atoms with van der Waals surface area (Å²) < 4.78 is 0. The Labute approximate surface area is 132 Å². The zero-order valence-electron chi connectivity index (χ0n) is 12.8. The Hall–Kier alpha value is -0.810. The lowest BCUT2D eigenvalue weighted by Gasteiger charge is -2.40. The first-order valence-electron chi connectivity index (χ1n) is 7.83. The van der Waals surface area contributed by atoms with Crippen LogP contribution in [0.15, 0.2) is 0 Å². The van der Waals surface area contributed by atoms with E-state index in [1.807, 2.05) is 11.9 Å². The van der Waals surface area contributed by atoms with Crippen LogP contribution in [0, 0.1) is 11.3 Å². The van der Waals surface area contributed by atoms with E-state index in [4.69, 9.17) is 0 Å². The van der Waals surface area contributed by atoms with Gasteiger partial charge < -0.3 is 15.1 Å². The third-order valence-corrected chi connectivity index (χ3v) is 5.48. The van der Waals surface area contributed by atoms with Gasteiger partial charge in [0.1, 0.15) is 0 Å². The molecule has 0 aromatic heterocycles. The zero-order chi connectivity index (χ0) is 14.2. The van der Waals surface area contributed by atoms with Gasteiger partial charge in [0.2, 0.25) is 11.8 Å². The van der Waals surface area contributed by atoms with E-state index >= 15 is 0 Å². The number of piperidine rings is 2. The summed E-state index contributed by atoms with van der Waals surface area (Å²) in [5, 5.41) is 3.45. The van der Waals surface area contributed by atoms with Crippen LogP contribution >= 0.6 is 12.4 Å². The zero-order valence-corrected chi connectivity index (χ0v) is 13.6. The summed E-state index contributed by atoms with van der Waals surface area (Å²) in [6.45, 7) is 4.71. The molecule has 3 aliphatic heterocycles. The van der Waals surface area contributed by atoms with Gasteiger partial charge in [0.05, 0.1) is 0 Å². The minimum atomic E-state index is -0.0746. The smallest absolute Gasteiger partial charge is 0.226 e. The summed E-state index contributed by atoms with van der Waals surface area (Å²) in [6.07, 6.45) is 4.71. The second kappa shape index (κ2) is 6.53. The largest absolute Gasteiger partial charge is 0.346 e. The number of carbonyl (C=O) groups is 2. The Kier molecular flexibility index (Phi) is 5.15. The van der Waals surface area contributed by atoms with Crippen molar-refractivity contribution in [1.29, 1.82) is 0 Å². The molecule has 0 radical (unpaired) electrons. The van der Waals surface area contributed by atoms with Gasteiger partial charge in [-0.15, -0.1) is 12.4 Å². The van der Waals surface area contributed by atoms with E-state index in [1.165, 1.54) is 6.42 Å². The van der Waals surface area contributed by atoms with Crippen molar-refractivity contribution < 1.29 is 9.59 Å². The number of rotatable bonds is 1. The first kappa shape index (κ1) is 16.6. The molecule has 3 aliphatic rings. The van der Waals surface area contributed by atoms with Crippen LogP contribution in [0.25, 0.3) is 0 Å². The molecule has 3 rings (SSSR count). The fraction of sp³-hybridized carbons (Fsp3) is 0.867. The highest BCUT2D eigenvalue weighted by Crippen LogP contribution is 2.37. The predicted molar refractivity (Wildman–Crippen MR) is 83.3 cm³/mol. The minimum absolute atomic E-state index is 0. The maximum absolute atomic E-state index is 12.5. The van der Waals surface area contributed by atoms with Gasteiger partial charge in [-0.3, -0.25) is 9.59 Å². The number of nitrogens with zero attached hydrogens (tertiary/aromatic N) is 2. The minimum Gasteiger partial charge on any atom is -0.346 e. The van der Waals surface area contributed by atoms with Crippen molar-refractivity contribution in [2.75, 3.05) is 39.8 Å². The molecule has 21 heavy (non-hydrogen) atoms. The fourth-order valence-electron chi connectivity index (χ4n) is 3.84. The second-order valence-electron chi connectivity index (χ2n) is 6.76. The van der Waals surface area contributed by atoms with Crippen molar-refractivity contribution in [3.63, 3.8) is 0 Å². The number of hydrogen-bond acceptors (Lipinski definition) is 3. The molecule has 0 bridgehead atoms. The molecule has 1 atom stereocenters. The summed E-state index contributed by atoms with van der Waals surface area (Å²) in [6, 6.07) is 0. The van der Waals surface area contributed by atoms with Crippen molar-refractivity contribution in [2.45, 2.75) is 32.1 Å². The van der Waals surface area contributed by atoms with E-state index in [2.05, 4.69) is 5.32 Å². The molecule has 3 heterocycles. The molecule has 3 fully saturated rings. The van der Waals surface area contributed by atoms with Crippen LogP contribution in [0.5, 0.6) is 0 Å². The fourth-order valence-corrected chi connectivity index (χ4v) is 3.84. The molecular formula is C15H26ClN3O2. The molecule has 5 nitrogen and oxygen atoms in total. The summed E-state index contributed by atoms with van der Waals surface area (Å²) in [7, 11) is 1.82. The van der Waals surface area contributed by atoms with Gasteiger partial charge >= 0.3 is 0 Å². The highest BCUT2D eigenvalue weighted by atomic mass is 35.5. The van der Waals surface area contributed by atoms with Crippen molar-refractivity contribution in [2.24, 2.45) is 11.3 Å². The molecule has 0 aromatic rings. The van der Waals surface area contributed by atoms with Crippen molar-refractivity contribution in [3.8, 4) is 0 Å². The molecular weight excluding hydrogens is 290 g/mol. The standard InChI is InChI=1S/C15H25N3O2.ClH/c1-17-7-2-12(10-13(17)19)14(20)18-8-4-15(5-9-18)3-6-16-11-15;/h12,16H,2-11H2,1H3;1H. The van der Waals surface area contributed by atoms with E-state index in [9.17, 15) is 9.59 Å². The van der Waals surface area contributed by atoms with E-state index in [0.717, 1.165) is 52.0 Å². The molecule has 0 saturated carbocycles. The Bertz CT molecular complexity index is 400. The molecule has 1 spiro atoms. The first-order valence-corrected chi connectivity index (χ1v) is 7.83. The highest BCUT2D eigenvalue weighted by Gasteiger charge is 2.40. The van der Waals surface area contributed by atoms with Gasteiger partial charge in [-0.05, 0) is 37.6 Å². The van der Waals surface area contributed by atoms with E-state index in [-0.39, 0.29) is 30.1 Å². The maximum Gasteiger partial charge on any atom is 0.226 e. The number of hydrogen-bond donors (Lipinski definition) is 1. The lowest BCUT2D eigenvalue weighted by Crippen LogP contribution is -2.48. The third kappa shape index (κ3) is 3.34. The predicted octanol–water partition coefficient (Wildman–Crippen LogP) is 0.879. The number of carbonyl (C=O) groups excluding carboxylic acids is 2. The summed E-state index contributed by atoms with van der Waals surface area (Å²) in [5.74, 6) is 0.254. The lowest BCUT2D eigenvalue weighted by atomic mass is 9.77. The van der Waals surface area contributed by atoms with Gasteiger partial charge in [0, 0.05) is 45.6 Å². The Morgan fingerprint density at radius 1 is 1.24 bits per heavy atom. The Balaban J connectivity index is 0.00000161. The van der Waals surface area contributed by atoms with Gasteiger partial charge in [0.25, 0.3) is 0 Å². The van der Waals surface area contributed by atoms with E-state index in [1.54, 1.807) is 4.90 Å². The van der Waals surface area contributed by atoms with Gasteiger partial charge in [-0.1, -0.05) is 0 Å². The monoisotopic (exact) mass is 315 g/mol. The molecule has 0 aromatic carbocycles. The Morgan fingerprint density at radius 3 is 2.52 bits per heavy atom. The molecule has 120 valence electrons. The average Bonchev–Trinajstić information content (AvgIpc) is 2.90. The third-order valence-electron chi connectivity index (χ3n) is 5.48. The van der Waals surface area contributed by atoms with Crippen LogP contribution in [0.2, 0.25) is 0 Å². The van der Waals surface area contributed by atoms with Gasteiger partial charge in [-0.25, -0.2) is 0 Å². The van der Waals surface area contributed by atoms with E-state index in [0.29, 0.717) is 11.8 Å². The first-order chi connectivity index (χ1) is 9.60. The number of halogens is 1. The second-order valence-corrected chi connectivity index (χ2v) is 6.76. The average molecular weight is 316 g/mol. The van der Waals surface area contributed by atoms with Crippen LogP contribution in [0.1, 0.15) is 32.1 Å². The summed E-state index contributed by atoms with van der Waals surface area (Å²) in [4.78, 5) is 28.0. The SMILES string of the molecule is CN1CCC(C(=O)N2CCC3(CCNC3)CC2)CC1=O.Cl. The lowest BCUT2D eigenvalue weighted by molar-refractivity contribution is -0.145. The van der Waals surface area contributed by atoms with Crippen LogP contribution in [0.3, 0.4) is 0 Å². The summed E-state index contributed by atoms with van der Waals surface area (Å²) >= 11 is 0. The highest BCUT2D eigenvalue weighted by molar-refractivity contribution is 5.87. The van der Waals surface area contributed by atoms with Gasteiger partial charge in [-0.2, -0.15) is 0 Å². The van der Waals surface area contributed by atoms with Crippen LogP contribution in [-0.2, 0) is 9.59 Å².